The molecule has 138 valence electrons. The van der Waals surface area contributed by atoms with Crippen LogP contribution < -0.4 is 10.5 Å². The number of thioether (sulfide) groups is 1. The molecule has 8 heteroatoms. The molecule has 0 bridgehead atoms. The van der Waals surface area contributed by atoms with Gasteiger partial charge < -0.3 is 4.90 Å². The van der Waals surface area contributed by atoms with E-state index in [-0.39, 0.29) is 5.56 Å². The van der Waals surface area contributed by atoms with Crippen molar-refractivity contribution in [2.45, 2.75) is 62.8 Å². The highest BCUT2D eigenvalue weighted by Crippen LogP contribution is 2.37. The third-order valence-corrected chi connectivity index (χ3v) is 7.59. The van der Waals surface area contributed by atoms with Gasteiger partial charge in [0.15, 0.2) is 0 Å². The SMILES string of the molecule is O=c1cc2c(nn1CC1CCCN1c1nc(C3CCC3)ns1)CCSC2. The average molecular weight is 390 g/mol. The third kappa shape index (κ3) is 3.07. The van der Waals surface area contributed by atoms with Crippen molar-refractivity contribution in [2.24, 2.45) is 0 Å². The van der Waals surface area contributed by atoms with Crippen LogP contribution in [0.15, 0.2) is 10.9 Å². The summed E-state index contributed by atoms with van der Waals surface area (Å²) in [7, 11) is 0. The smallest absolute Gasteiger partial charge is 0.267 e. The van der Waals surface area contributed by atoms with Crippen LogP contribution in [-0.4, -0.2) is 37.5 Å². The van der Waals surface area contributed by atoms with Gasteiger partial charge in [0.05, 0.1) is 18.3 Å². The summed E-state index contributed by atoms with van der Waals surface area (Å²) < 4.78 is 6.29. The first-order valence-electron chi connectivity index (χ1n) is 9.56. The van der Waals surface area contributed by atoms with E-state index < -0.39 is 0 Å². The summed E-state index contributed by atoms with van der Waals surface area (Å²) >= 11 is 3.40. The van der Waals surface area contributed by atoms with Crippen molar-refractivity contribution in [3.8, 4) is 0 Å². The number of fused-ring (bicyclic) bond motifs is 1. The Morgan fingerprint density at radius 1 is 1.23 bits per heavy atom. The Labute approximate surface area is 161 Å². The molecule has 5 rings (SSSR count). The number of hydrogen-bond donors (Lipinski definition) is 0. The summed E-state index contributed by atoms with van der Waals surface area (Å²) in [4.78, 5) is 19.7. The molecule has 2 aromatic rings. The molecule has 1 saturated carbocycles. The van der Waals surface area contributed by atoms with Crippen molar-refractivity contribution in [2.75, 3.05) is 17.2 Å². The van der Waals surface area contributed by atoms with Crippen LogP contribution in [0.2, 0.25) is 0 Å². The molecular weight excluding hydrogens is 366 g/mol. The number of hydrogen-bond acceptors (Lipinski definition) is 7. The van der Waals surface area contributed by atoms with Crippen LogP contribution in [-0.2, 0) is 18.7 Å². The van der Waals surface area contributed by atoms with Gasteiger partial charge in [0, 0.05) is 42.2 Å². The number of rotatable bonds is 4. The number of nitrogens with zero attached hydrogens (tertiary/aromatic N) is 5. The lowest BCUT2D eigenvalue weighted by molar-refractivity contribution is 0.404. The van der Waals surface area contributed by atoms with Gasteiger partial charge in [0.2, 0.25) is 5.13 Å². The zero-order chi connectivity index (χ0) is 17.5. The predicted octanol–water partition coefficient (Wildman–Crippen LogP) is 2.82. The largest absolute Gasteiger partial charge is 0.342 e. The van der Waals surface area contributed by atoms with Crippen molar-refractivity contribution in [3.05, 3.63) is 33.5 Å². The quantitative estimate of drug-likeness (QED) is 0.801. The molecule has 1 unspecified atom stereocenters. The molecule has 0 amide bonds. The average Bonchev–Trinajstić information content (AvgIpc) is 3.23. The fourth-order valence-corrected chi connectivity index (χ4v) is 5.83. The Balaban J connectivity index is 1.36. The number of aryl methyl sites for hydroxylation is 1. The standard InChI is InChI=1S/C18H23N5OS2/c24-16-9-13-11-25-8-6-15(13)20-23(16)10-14-5-2-7-22(14)18-19-17(21-26-18)12-3-1-4-12/h9,12,14H,1-8,10-11H2. The van der Waals surface area contributed by atoms with Crippen LogP contribution in [0.25, 0.3) is 0 Å². The van der Waals surface area contributed by atoms with Crippen LogP contribution in [0, 0.1) is 0 Å². The lowest BCUT2D eigenvalue weighted by Crippen LogP contribution is -2.38. The molecule has 1 atom stereocenters. The molecule has 2 aliphatic heterocycles. The minimum atomic E-state index is 0.0329. The molecular formula is C18H23N5OS2. The minimum absolute atomic E-state index is 0.0329. The maximum absolute atomic E-state index is 12.5. The first-order valence-corrected chi connectivity index (χ1v) is 11.5. The molecule has 26 heavy (non-hydrogen) atoms. The summed E-state index contributed by atoms with van der Waals surface area (Å²) in [5.74, 6) is 3.62. The summed E-state index contributed by atoms with van der Waals surface area (Å²) in [6.45, 7) is 1.65. The fourth-order valence-electron chi connectivity index (χ4n) is 4.04. The van der Waals surface area contributed by atoms with Crippen molar-refractivity contribution >= 4 is 28.4 Å². The zero-order valence-electron chi connectivity index (χ0n) is 14.8. The van der Waals surface area contributed by atoms with Gasteiger partial charge >= 0.3 is 0 Å². The first kappa shape index (κ1) is 16.7. The Bertz CT molecular complexity index is 860. The highest BCUT2D eigenvalue weighted by Gasteiger charge is 2.30. The second-order valence-electron chi connectivity index (χ2n) is 7.49. The first-order chi connectivity index (χ1) is 12.8. The summed E-state index contributed by atoms with van der Waals surface area (Å²) in [6.07, 6.45) is 6.95. The second kappa shape index (κ2) is 6.96. The third-order valence-electron chi connectivity index (χ3n) is 5.81. The maximum atomic E-state index is 12.5. The van der Waals surface area contributed by atoms with Crippen LogP contribution in [0.4, 0.5) is 5.13 Å². The Kier molecular flexibility index (Phi) is 4.48. The molecule has 6 nitrogen and oxygen atoms in total. The van der Waals surface area contributed by atoms with E-state index in [0.717, 1.165) is 59.5 Å². The lowest BCUT2D eigenvalue weighted by Gasteiger charge is -2.25. The van der Waals surface area contributed by atoms with E-state index in [1.807, 2.05) is 11.8 Å². The summed E-state index contributed by atoms with van der Waals surface area (Å²) in [5.41, 5.74) is 2.27. The molecule has 1 aliphatic carbocycles. The highest BCUT2D eigenvalue weighted by atomic mass is 32.2. The molecule has 0 spiro atoms. The van der Waals surface area contributed by atoms with Crippen LogP contribution in [0.5, 0.6) is 0 Å². The topological polar surface area (TPSA) is 63.9 Å². The fraction of sp³-hybridized carbons (Fsp3) is 0.667. The molecule has 2 fully saturated rings. The van der Waals surface area contributed by atoms with E-state index in [2.05, 4.69) is 9.27 Å². The monoisotopic (exact) mass is 389 g/mol. The van der Waals surface area contributed by atoms with Crippen molar-refractivity contribution in [1.82, 2.24) is 19.1 Å². The normalized spacial score (nSPS) is 23.1. The van der Waals surface area contributed by atoms with Crippen molar-refractivity contribution < 1.29 is 0 Å². The molecule has 0 radical (unpaired) electrons. The van der Waals surface area contributed by atoms with E-state index in [0.29, 0.717) is 18.5 Å². The van der Waals surface area contributed by atoms with Gasteiger partial charge in [0.25, 0.3) is 5.56 Å². The molecule has 4 heterocycles. The lowest BCUT2D eigenvalue weighted by atomic mass is 9.85. The summed E-state index contributed by atoms with van der Waals surface area (Å²) in [6, 6.07) is 2.09. The van der Waals surface area contributed by atoms with E-state index in [4.69, 9.17) is 10.1 Å². The van der Waals surface area contributed by atoms with E-state index >= 15 is 0 Å². The molecule has 0 N–H and O–H groups in total. The zero-order valence-corrected chi connectivity index (χ0v) is 16.4. The van der Waals surface area contributed by atoms with Crippen molar-refractivity contribution in [1.29, 1.82) is 0 Å². The van der Waals surface area contributed by atoms with E-state index in [9.17, 15) is 4.79 Å². The molecule has 3 aliphatic rings. The number of aromatic nitrogens is 4. The van der Waals surface area contributed by atoms with Crippen molar-refractivity contribution in [3.63, 3.8) is 0 Å². The predicted molar refractivity (Wildman–Crippen MR) is 105 cm³/mol. The van der Waals surface area contributed by atoms with Gasteiger partial charge in [-0.3, -0.25) is 4.79 Å². The summed E-state index contributed by atoms with van der Waals surface area (Å²) in [5, 5.41) is 5.72. The highest BCUT2D eigenvalue weighted by molar-refractivity contribution is 7.98. The minimum Gasteiger partial charge on any atom is -0.342 e. The number of anilines is 1. The van der Waals surface area contributed by atoms with Gasteiger partial charge in [-0.15, -0.1) is 0 Å². The molecule has 2 aromatic heterocycles. The van der Waals surface area contributed by atoms with Crippen LogP contribution >= 0.6 is 23.3 Å². The van der Waals surface area contributed by atoms with Crippen LogP contribution in [0.1, 0.15) is 55.1 Å². The Morgan fingerprint density at radius 3 is 3.00 bits per heavy atom. The van der Waals surface area contributed by atoms with Gasteiger partial charge in [-0.05, 0) is 37.0 Å². The Hall–Kier alpha value is -1.41. The second-order valence-corrected chi connectivity index (χ2v) is 9.33. The van der Waals surface area contributed by atoms with Crippen LogP contribution in [0.3, 0.4) is 0 Å². The van der Waals surface area contributed by atoms with E-state index in [1.165, 1.54) is 30.8 Å². The van der Waals surface area contributed by atoms with Gasteiger partial charge in [0.1, 0.15) is 5.82 Å². The van der Waals surface area contributed by atoms with Gasteiger partial charge in [-0.1, -0.05) is 6.42 Å². The van der Waals surface area contributed by atoms with Gasteiger partial charge in [-0.2, -0.15) is 21.2 Å². The Morgan fingerprint density at radius 2 is 2.15 bits per heavy atom. The van der Waals surface area contributed by atoms with Gasteiger partial charge in [-0.25, -0.2) is 9.67 Å². The van der Waals surface area contributed by atoms with E-state index in [1.54, 1.807) is 10.7 Å². The molecule has 1 saturated heterocycles. The molecule has 0 aromatic carbocycles. The maximum Gasteiger partial charge on any atom is 0.267 e.